The van der Waals surface area contributed by atoms with Crippen molar-refractivity contribution in [3.63, 3.8) is 0 Å². The van der Waals surface area contributed by atoms with Crippen LogP contribution in [0.5, 0.6) is 0 Å². The average molecular weight is 354 g/mol. The molecule has 134 valence electrons. The molecule has 1 unspecified atom stereocenters. The molecule has 0 radical (unpaired) electrons. The van der Waals surface area contributed by atoms with Gasteiger partial charge in [-0.25, -0.2) is 4.79 Å². The number of nitro groups is 1. The number of amides is 1. The van der Waals surface area contributed by atoms with Crippen molar-refractivity contribution < 1.29 is 19.6 Å². The molecule has 1 amide bonds. The zero-order chi connectivity index (χ0) is 19.0. The van der Waals surface area contributed by atoms with Crippen LogP contribution in [0.4, 0.5) is 5.69 Å². The van der Waals surface area contributed by atoms with Gasteiger partial charge in [-0.15, -0.1) is 0 Å². The molecule has 1 N–H and O–H groups in total. The van der Waals surface area contributed by atoms with Crippen molar-refractivity contribution in [3.05, 3.63) is 63.7 Å². The summed E-state index contributed by atoms with van der Waals surface area (Å²) in [5.74, 6) is -1.53. The number of carbonyl (C=O) groups excluding carboxylic acids is 1. The maximum atomic E-state index is 12.7. The Morgan fingerprint density at radius 3 is 2.31 bits per heavy atom. The third-order valence-electron chi connectivity index (χ3n) is 4.57. The third-order valence-corrected chi connectivity index (χ3v) is 4.57. The highest BCUT2D eigenvalue weighted by Crippen LogP contribution is 2.31. The fraction of sp³-hybridized carbons (Fsp3) is 0.263. The highest BCUT2D eigenvalue weighted by Gasteiger charge is 2.38. The number of aliphatic carboxylic acids is 1. The molecule has 0 aromatic heterocycles. The quantitative estimate of drug-likeness (QED) is 0.655. The SMILES string of the molecule is CC(C)C(C(=O)O)N1Cc2ccc(-c3ccc([N+](=O)[O-])cc3)cc2C1=O. The van der Waals surface area contributed by atoms with Crippen LogP contribution in [-0.4, -0.2) is 32.8 Å². The highest BCUT2D eigenvalue weighted by molar-refractivity contribution is 6.01. The molecule has 26 heavy (non-hydrogen) atoms. The first-order valence-electron chi connectivity index (χ1n) is 8.21. The molecule has 1 atom stereocenters. The summed E-state index contributed by atoms with van der Waals surface area (Å²) in [7, 11) is 0. The molecular formula is C19H18N2O5. The van der Waals surface area contributed by atoms with E-state index in [1.807, 2.05) is 12.1 Å². The minimum Gasteiger partial charge on any atom is -0.480 e. The van der Waals surface area contributed by atoms with E-state index in [1.165, 1.54) is 17.0 Å². The predicted molar refractivity (Wildman–Crippen MR) is 94.7 cm³/mol. The molecule has 0 spiro atoms. The number of rotatable bonds is 5. The Morgan fingerprint density at radius 1 is 1.15 bits per heavy atom. The molecule has 2 aromatic rings. The number of carboxylic acid groups (broad SMARTS) is 1. The van der Waals surface area contributed by atoms with Crippen LogP contribution in [0.3, 0.4) is 0 Å². The lowest BCUT2D eigenvalue weighted by molar-refractivity contribution is -0.384. The van der Waals surface area contributed by atoms with E-state index in [-0.39, 0.29) is 24.1 Å². The monoisotopic (exact) mass is 354 g/mol. The molecule has 1 heterocycles. The summed E-state index contributed by atoms with van der Waals surface area (Å²) in [6.07, 6.45) is 0. The van der Waals surface area contributed by atoms with Crippen molar-refractivity contribution in [1.29, 1.82) is 0 Å². The van der Waals surface area contributed by atoms with Gasteiger partial charge in [0.1, 0.15) is 6.04 Å². The first kappa shape index (κ1) is 17.6. The molecular weight excluding hydrogens is 336 g/mol. The van der Waals surface area contributed by atoms with Gasteiger partial charge in [0.2, 0.25) is 0 Å². The van der Waals surface area contributed by atoms with E-state index in [9.17, 15) is 24.8 Å². The summed E-state index contributed by atoms with van der Waals surface area (Å²) in [5.41, 5.74) is 2.77. The molecule has 1 aliphatic heterocycles. The fourth-order valence-electron chi connectivity index (χ4n) is 3.28. The lowest BCUT2D eigenvalue weighted by Gasteiger charge is -2.27. The van der Waals surface area contributed by atoms with E-state index >= 15 is 0 Å². The third kappa shape index (κ3) is 3.03. The van der Waals surface area contributed by atoms with Crippen LogP contribution in [0.2, 0.25) is 0 Å². The van der Waals surface area contributed by atoms with E-state index in [0.29, 0.717) is 5.56 Å². The van der Waals surface area contributed by atoms with Gasteiger partial charge in [0.25, 0.3) is 11.6 Å². The number of hydrogen-bond donors (Lipinski definition) is 1. The molecule has 2 aromatic carbocycles. The van der Waals surface area contributed by atoms with Gasteiger partial charge in [-0.05, 0) is 40.8 Å². The fourth-order valence-corrected chi connectivity index (χ4v) is 3.28. The second-order valence-electron chi connectivity index (χ2n) is 6.64. The second kappa shape index (κ2) is 6.59. The molecule has 0 saturated carbocycles. The van der Waals surface area contributed by atoms with E-state index in [0.717, 1.165) is 16.7 Å². The van der Waals surface area contributed by atoms with E-state index in [2.05, 4.69) is 0 Å². The molecule has 7 nitrogen and oxygen atoms in total. The molecule has 7 heteroatoms. The smallest absolute Gasteiger partial charge is 0.326 e. The van der Waals surface area contributed by atoms with Crippen LogP contribution < -0.4 is 0 Å². The first-order valence-corrected chi connectivity index (χ1v) is 8.21. The molecule has 0 fully saturated rings. The van der Waals surface area contributed by atoms with Crippen LogP contribution in [0.25, 0.3) is 11.1 Å². The van der Waals surface area contributed by atoms with Gasteiger partial charge in [-0.1, -0.05) is 26.0 Å². The zero-order valence-corrected chi connectivity index (χ0v) is 14.4. The summed E-state index contributed by atoms with van der Waals surface area (Å²) in [4.78, 5) is 36.0. The lowest BCUT2D eigenvalue weighted by Crippen LogP contribution is -2.44. The van der Waals surface area contributed by atoms with Crippen molar-refractivity contribution in [2.75, 3.05) is 0 Å². The Morgan fingerprint density at radius 2 is 1.77 bits per heavy atom. The summed E-state index contributed by atoms with van der Waals surface area (Å²) >= 11 is 0. The largest absolute Gasteiger partial charge is 0.480 e. The van der Waals surface area contributed by atoms with Gasteiger partial charge in [0.05, 0.1) is 4.92 Å². The summed E-state index contributed by atoms with van der Waals surface area (Å²) in [6, 6.07) is 10.6. The molecule has 0 aliphatic carbocycles. The Labute approximate surface area is 150 Å². The summed E-state index contributed by atoms with van der Waals surface area (Å²) in [6.45, 7) is 3.82. The summed E-state index contributed by atoms with van der Waals surface area (Å²) < 4.78 is 0. The zero-order valence-electron chi connectivity index (χ0n) is 14.4. The predicted octanol–water partition coefficient (Wildman–Crippen LogP) is 3.33. The Kier molecular flexibility index (Phi) is 4.46. The second-order valence-corrected chi connectivity index (χ2v) is 6.64. The summed E-state index contributed by atoms with van der Waals surface area (Å²) in [5, 5.41) is 20.2. The van der Waals surface area contributed by atoms with Crippen molar-refractivity contribution in [3.8, 4) is 11.1 Å². The van der Waals surface area contributed by atoms with Crippen molar-refractivity contribution >= 4 is 17.6 Å². The van der Waals surface area contributed by atoms with Gasteiger partial charge in [0, 0.05) is 24.2 Å². The maximum Gasteiger partial charge on any atom is 0.326 e. The van der Waals surface area contributed by atoms with Crippen LogP contribution >= 0.6 is 0 Å². The van der Waals surface area contributed by atoms with Crippen LogP contribution in [-0.2, 0) is 11.3 Å². The van der Waals surface area contributed by atoms with Crippen molar-refractivity contribution in [2.24, 2.45) is 5.92 Å². The molecule has 3 rings (SSSR count). The number of carbonyl (C=O) groups is 2. The normalized spacial score (nSPS) is 14.4. The van der Waals surface area contributed by atoms with Crippen molar-refractivity contribution in [1.82, 2.24) is 4.90 Å². The van der Waals surface area contributed by atoms with Crippen LogP contribution in [0, 0.1) is 16.0 Å². The van der Waals surface area contributed by atoms with E-state index < -0.39 is 16.9 Å². The topological polar surface area (TPSA) is 101 Å². The van der Waals surface area contributed by atoms with E-state index in [4.69, 9.17) is 0 Å². The maximum absolute atomic E-state index is 12.7. The molecule has 0 saturated heterocycles. The first-order chi connectivity index (χ1) is 12.3. The van der Waals surface area contributed by atoms with Gasteiger partial charge in [0.15, 0.2) is 0 Å². The highest BCUT2D eigenvalue weighted by atomic mass is 16.6. The molecule has 0 bridgehead atoms. The van der Waals surface area contributed by atoms with E-state index in [1.54, 1.807) is 32.0 Å². The van der Waals surface area contributed by atoms with Crippen molar-refractivity contribution in [2.45, 2.75) is 26.4 Å². The average Bonchev–Trinajstić information content (AvgIpc) is 2.90. The standard InChI is InChI=1S/C19H18N2O5/c1-11(2)17(19(23)24)20-10-14-4-3-13(9-16(14)18(20)22)12-5-7-15(8-6-12)21(25)26/h3-9,11,17H,10H2,1-2H3,(H,23,24). The minimum atomic E-state index is -1.02. The Balaban J connectivity index is 1.93. The number of hydrogen-bond acceptors (Lipinski definition) is 4. The van der Waals surface area contributed by atoms with Gasteiger partial charge < -0.3 is 10.0 Å². The minimum absolute atomic E-state index is 0.00149. The van der Waals surface area contributed by atoms with Gasteiger partial charge in [-0.2, -0.15) is 0 Å². The van der Waals surface area contributed by atoms with Crippen LogP contribution in [0.1, 0.15) is 29.8 Å². The number of benzene rings is 2. The van der Waals surface area contributed by atoms with Gasteiger partial charge >= 0.3 is 5.97 Å². The Bertz CT molecular complexity index is 889. The number of nitro benzene ring substituents is 1. The van der Waals surface area contributed by atoms with Crippen LogP contribution in [0.15, 0.2) is 42.5 Å². The number of carboxylic acids is 1. The Hall–Kier alpha value is -3.22. The van der Waals surface area contributed by atoms with Gasteiger partial charge in [-0.3, -0.25) is 14.9 Å². The lowest BCUT2D eigenvalue weighted by atomic mass is 10.0. The number of nitrogens with zero attached hydrogens (tertiary/aromatic N) is 2. The molecule has 1 aliphatic rings. The number of non-ortho nitro benzene ring substituents is 1. The number of fused-ring (bicyclic) bond motifs is 1.